The predicted molar refractivity (Wildman–Crippen MR) is 83.8 cm³/mol. The van der Waals surface area contributed by atoms with E-state index in [1.54, 1.807) is 24.3 Å². The monoisotopic (exact) mass is 426 g/mol. The number of piperidine rings is 1. The first-order chi connectivity index (χ1) is 13.4. The van der Waals surface area contributed by atoms with Gasteiger partial charge in [0.1, 0.15) is 0 Å². The number of nitrogens with one attached hydrogen (secondary N) is 1. The molecule has 1 saturated heterocycles. The zero-order chi connectivity index (χ0) is 21.4. The van der Waals surface area contributed by atoms with Gasteiger partial charge >= 0.3 is 24.3 Å². The Morgan fingerprint density at radius 3 is 2.17 bits per heavy atom. The second-order valence-electron chi connectivity index (χ2n) is 6.88. The number of hydrogen-bond acceptors (Lipinski definition) is 6. The average Bonchev–Trinajstić information content (AvgIpc) is 2.93. The summed E-state index contributed by atoms with van der Waals surface area (Å²) in [5.41, 5.74) is 3.05. The van der Waals surface area contributed by atoms with Crippen LogP contribution in [0.4, 0.5) is 26.3 Å². The van der Waals surface area contributed by atoms with Gasteiger partial charge in [-0.2, -0.15) is 26.3 Å². The Balaban J connectivity index is 1.74. The maximum absolute atomic E-state index is 12.4. The molecule has 3 rings (SSSR count). The van der Waals surface area contributed by atoms with Crippen LogP contribution in [0.5, 0.6) is 0 Å². The van der Waals surface area contributed by atoms with Gasteiger partial charge in [-0.15, -0.1) is 10.5 Å². The maximum Gasteiger partial charge on any atom is 0.492 e. The molecular formula is C17H16F6N2O4. The van der Waals surface area contributed by atoms with Crippen molar-refractivity contribution in [3.8, 4) is 0 Å². The summed E-state index contributed by atoms with van der Waals surface area (Å²) >= 11 is 0. The van der Waals surface area contributed by atoms with E-state index in [0.29, 0.717) is 0 Å². The highest BCUT2D eigenvalue weighted by atomic mass is 19.4. The van der Waals surface area contributed by atoms with Gasteiger partial charge < -0.3 is 9.68 Å². The lowest BCUT2D eigenvalue weighted by molar-refractivity contribution is -0.243. The summed E-state index contributed by atoms with van der Waals surface area (Å²) in [6.45, 7) is -0.136. The molecule has 2 aliphatic rings. The van der Waals surface area contributed by atoms with Crippen LogP contribution >= 0.6 is 0 Å². The number of hydrogen-bond donors (Lipinski definition) is 1. The van der Waals surface area contributed by atoms with Gasteiger partial charge in [0.15, 0.2) is 0 Å². The highest BCUT2D eigenvalue weighted by Crippen LogP contribution is 2.46. The minimum Gasteiger partial charge on any atom is -0.363 e. The molecule has 0 aromatic heterocycles. The molecule has 1 unspecified atom stereocenters. The van der Waals surface area contributed by atoms with E-state index in [2.05, 4.69) is 15.2 Å². The number of carbonyl (C=O) groups is 2. The molecule has 1 atom stereocenters. The number of fused-ring (bicyclic) bond motifs is 2. The topological polar surface area (TPSA) is 67.9 Å². The molecule has 6 nitrogen and oxygen atoms in total. The molecule has 1 N–H and O–H groups in total. The molecule has 1 aromatic carbocycles. The van der Waals surface area contributed by atoms with Crippen LogP contribution in [0.3, 0.4) is 0 Å². The number of alkyl halides is 6. The fourth-order valence-electron chi connectivity index (χ4n) is 3.89. The molecule has 0 amide bonds. The van der Waals surface area contributed by atoms with E-state index in [-0.39, 0.29) is 32.4 Å². The molecule has 1 aromatic rings. The standard InChI is InChI=1S/C17H16F6N2O4/c18-16(19,20)13(26)28-24-12-9-10-3-1-2-4-11(10)15(12)5-7-25(8-6-15)29-14(27)17(21,22)23/h1-4,12,24H,5-9H2. The van der Waals surface area contributed by atoms with Crippen LogP contribution in [0.1, 0.15) is 24.0 Å². The van der Waals surface area contributed by atoms with Gasteiger partial charge in [-0.1, -0.05) is 24.3 Å². The lowest BCUT2D eigenvalue weighted by Gasteiger charge is -2.42. The van der Waals surface area contributed by atoms with Gasteiger partial charge in [-0.05, 0) is 30.4 Å². The number of halogens is 6. The molecule has 1 aliphatic carbocycles. The molecule has 1 aliphatic heterocycles. The van der Waals surface area contributed by atoms with Crippen molar-refractivity contribution in [1.82, 2.24) is 10.5 Å². The van der Waals surface area contributed by atoms with Crippen molar-refractivity contribution in [2.75, 3.05) is 13.1 Å². The molecule has 12 heteroatoms. The normalized spacial score (nSPS) is 21.7. The van der Waals surface area contributed by atoms with Crippen molar-refractivity contribution in [2.24, 2.45) is 0 Å². The lowest BCUT2D eigenvalue weighted by Crippen LogP contribution is -2.53. The van der Waals surface area contributed by atoms with Crippen molar-refractivity contribution >= 4 is 11.9 Å². The Bertz CT molecular complexity index is 787. The summed E-state index contributed by atoms with van der Waals surface area (Å²) in [7, 11) is 0. The highest BCUT2D eigenvalue weighted by Gasteiger charge is 2.51. The minimum atomic E-state index is -5.17. The summed E-state index contributed by atoms with van der Waals surface area (Å²) in [4.78, 5) is 30.6. The third-order valence-corrected chi connectivity index (χ3v) is 5.23. The van der Waals surface area contributed by atoms with Gasteiger partial charge in [-0.3, -0.25) is 0 Å². The smallest absolute Gasteiger partial charge is 0.363 e. The van der Waals surface area contributed by atoms with Crippen LogP contribution in [-0.2, 0) is 31.1 Å². The van der Waals surface area contributed by atoms with E-state index >= 15 is 0 Å². The second kappa shape index (κ2) is 7.48. The maximum atomic E-state index is 12.4. The summed E-state index contributed by atoms with van der Waals surface area (Å²) < 4.78 is 74.4. The summed E-state index contributed by atoms with van der Waals surface area (Å²) in [6.07, 6.45) is -9.68. The fraction of sp³-hybridized carbons (Fsp3) is 0.529. The molecular weight excluding hydrogens is 410 g/mol. The van der Waals surface area contributed by atoms with Crippen LogP contribution in [0.15, 0.2) is 24.3 Å². The predicted octanol–water partition coefficient (Wildman–Crippen LogP) is 2.58. The van der Waals surface area contributed by atoms with E-state index in [1.165, 1.54) is 0 Å². The quantitative estimate of drug-likeness (QED) is 0.592. The number of nitrogens with zero attached hydrogens (tertiary/aromatic N) is 1. The number of rotatable bonds is 3. The number of carbonyl (C=O) groups excluding carboxylic acids is 2. The minimum absolute atomic E-state index is 0.0679. The molecule has 0 saturated carbocycles. The SMILES string of the molecule is O=C(ONC1Cc2ccccc2C12CCN(OC(=O)C(F)(F)F)CC2)C(F)(F)F. The van der Waals surface area contributed by atoms with Crippen molar-refractivity contribution in [2.45, 2.75) is 43.1 Å². The van der Waals surface area contributed by atoms with Crippen LogP contribution in [0.2, 0.25) is 0 Å². The van der Waals surface area contributed by atoms with Gasteiger partial charge in [0, 0.05) is 18.5 Å². The molecule has 29 heavy (non-hydrogen) atoms. The van der Waals surface area contributed by atoms with Gasteiger partial charge in [0.25, 0.3) is 0 Å². The third-order valence-electron chi connectivity index (χ3n) is 5.23. The Morgan fingerprint density at radius 2 is 1.59 bits per heavy atom. The summed E-state index contributed by atoms with van der Waals surface area (Å²) in [5.74, 6) is -4.73. The van der Waals surface area contributed by atoms with Crippen LogP contribution in [-0.4, -0.2) is 48.5 Å². The van der Waals surface area contributed by atoms with E-state index in [1.807, 2.05) is 0 Å². The van der Waals surface area contributed by atoms with Crippen molar-refractivity contribution < 1.29 is 45.6 Å². The Hall–Kier alpha value is -2.34. The zero-order valence-electron chi connectivity index (χ0n) is 14.8. The van der Waals surface area contributed by atoms with Gasteiger partial charge in [0.2, 0.25) is 0 Å². The first-order valence-corrected chi connectivity index (χ1v) is 8.59. The summed E-state index contributed by atoms with van der Waals surface area (Å²) in [6, 6.07) is 6.32. The molecule has 1 heterocycles. The fourth-order valence-corrected chi connectivity index (χ4v) is 3.89. The highest BCUT2D eigenvalue weighted by molar-refractivity contribution is 5.75. The number of benzene rings is 1. The van der Waals surface area contributed by atoms with Crippen LogP contribution < -0.4 is 5.48 Å². The number of hydroxylamine groups is 3. The van der Waals surface area contributed by atoms with E-state index in [9.17, 15) is 35.9 Å². The molecule has 1 fully saturated rings. The Morgan fingerprint density at radius 1 is 1.00 bits per heavy atom. The van der Waals surface area contributed by atoms with Crippen molar-refractivity contribution in [3.63, 3.8) is 0 Å². The second-order valence-corrected chi connectivity index (χ2v) is 6.88. The molecule has 160 valence electrons. The van der Waals surface area contributed by atoms with Crippen molar-refractivity contribution in [1.29, 1.82) is 0 Å². The summed E-state index contributed by atoms with van der Waals surface area (Å²) in [5, 5.41) is 0.876. The lowest BCUT2D eigenvalue weighted by atomic mass is 9.71. The van der Waals surface area contributed by atoms with Crippen LogP contribution in [0.25, 0.3) is 0 Å². The largest absolute Gasteiger partial charge is 0.492 e. The van der Waals surface area contributed by atoms with Gasteiger partial charge in [0.05, 0.1) is 6.04 Å². The van der Waals surface area contributed by atoms with Crippen molar-refractivity contribution in [3.05, 3.63) is 35.4 Å². The van der Waals surface area contributed by atoms with Gasteiger partial charge in [-0.25, -0.2) is 9.59 Å². The van der Waals surface area contributed by atoms with E-state index < -0.39 is 35.7 Å². The first-order valence-electron chi connectivity index (χ1n) is 8.59. The zero-order valence-corrected chi connectivity index (χ0v) is 14.8. The Kier molecular flexibility index (Phi) is 5.52. The van der Waals surface area contributed by atoms with E-state index in [0.717, 1.165) is 16.2 Å². The molecule has 1 spiro atoms. The third kappa shape index (κ3) is 4.32. The first kappa shape index (κ1) is 21.4. The molecule has 0 bridgehead atoms. The Labute approximate surface area is 160 Å². The van der Waals surface area contributed by atoms with E-state index in [4.69, 9.17) is 0 Å². The average molecular weight is 426 g/mol. The van der Waals surface area contributed by atoms with Crippen LogP contribution in [0, 0.1) is 0 Å². The molecule has 0 radical (unpaired) electrons.